The number of nitrogens with one attached hydrogen (secondary N) is 1. The van der Waals surface area contributed by atoms with Crippen LogP contribution in [0.25, 0.3) is 0 Å². The molecule has 136 valence electrons. The number of thiophene rings is 1. The Morgan fingerprint density at radius 1 is 1.04 bits per heavy atom. The summed E-state index contributed by atoms with van der Waals surface area (Å²) in [5, 5.41) is 4.69. The Labute approximate surface area is 152 Å². The topological polar surface area (TPSA) is 69.7 Å². The predicted molar refractivity (Wildman–Crippen MR) is 96.4 cm³/mol. The lowest BCUT2D eigenvalue weighted by molar-refractivity contribution is -0.135. The van der Waals surface area contributed by atoms with Crippen molar-refractivity contribution in [3.8, 4) is 0 Å². The number of hydrogen-bond acceptors (Lipinski definition) is 4. The van der Waals surface area contributed by atoms with Crippen molar-refractivity contribution >= 4 is 29.1 Å². The highest BCUT2D eigenvalue weighted by molar-refractivity contribution is 7.12. The van der Waals surface area contributed by atoms with Crippen LogP contribution in [-0.4, -0.2) is 60.2 Å². The van der Waals surface area contributed by atoms with Crippen LogP contribution < -0.4 is 5.32 Å². The zero-order valence-corrected chi connectivity index (χ0v) is 15.2. The van der Waals surface area contributed by atoms with Crippen molar-refractivity contribution in [3.05, 3.63) is 22.4 Å². The summed E-state index contributed by atoms with van der Waals surface area (Å²) in [5.74, 6) is 0.0569. The number of hydrogen-bond donors (Lipinski definition) is 1. The Kier molecular flexibility index (Phi) is 6.07. The van der Waals surface area contributed by atoms with E-state index in [9.17, 15) is 14.4 Å². The number of piperazine rings is 1. The Morgan fingerprint density at radius 3 is 2.36 bits per heavy atom. The standard InChI is InChI=1S/C18H25N3O3S/c22-16(13-19-17(23)14-5-2-1-3-6-14)20-8-10-21(11-9-20)18(24)15-7-4-12-25-15/h4,7,12,14H,1-3,5-6,8-11,13H2,(H,19,23). The summed E-state index contributed by atoms with van der Waals surface area (Å²) in [6, 6.07) is 3.69. The van der Waals surface area contributed by atoms with Gasteiger partial charge in [0, 0.05) is 32.1 Å². The zero-order chi connectivity index (χ0) is 17.6. The van der Waals surface area contributed by atoms with Gasteiger partial charge in [0.15, 0.2) is 0 Å². The predicted octanol–water partition coefficient (Wildman–Crippen LogP) is 1.73. The molecule has 1 saturated heterocycles. The first-order chi connectivity index (χ1) is 12.1. The van der Waals surface area contributed by atoms with E-state index < -0.39 is 0 Å². The molecule has 1 aliphatic heterocycles. The summed E-state index contributed by atoms with van der Waals surface area (Å²) < 4.78 is 0. The van der Waals surface area contributed by atoms with Gasteiger partial charge < -0.3 is 15.1 Å². The fourth-order valence-corrected chi connectivity index (χ4v) is 4.19. The maximum absolute atomic E-state index is 12.3. The first-order valence-electron chi connectivity index (χ1n) is 9.03. The molecule has 0 spiro atoms. The second-order valence-corrected chi connectivity index (χ2v) is 7.65. The molecule has 2 heterocycles. The molecule has 1 saturated carbocycles. The van der Waals surface area contributed by atoms with Gasteiger partial charge in [0.2, 0.25) is 11.8 Å². The van der Waals surface area contributed by atoms with Crippen molar-refractivity contribution in [2.24, 2.45) is 5.92 Å². The smallest absolute Gasteiger partial charge is 0.264 e. The number of carbonyl (C=O) groups excluding carboxylic acids is 3. The van der Waals surface area contributed by atoms with Gasteiger partial charge in [0.05, 0.1) is 11.4 Å². The lowest BCUT2D eigenvalue weighted by Gasteiger charge is -2.34. The third-order valence-corrected chi connectivity index (χ3v) is 5.90. The molecule has 6 nitrogen and oxygen atoms in total. The van der Waals surface area contributed by atoms with Gasteiger partial charge in [-0.05, 0) is 24.3 Å². The molecule has 2 aliphatic rings. The van der Waals surface area contributed by atoms with Gasteiger partial charge in [-0.25, -0.2) is 0 Å². The molecule has 0 atom stereocenters. The molecule has 7 heteroatoms. The van der Waals surface area contributed by atoms with Crippen LogP contribution in [0.4, 0.5) is 0 Å². The Hall–Kier alpha value is -1.89. The van der Waals surface area contributed by atoms with Crippen LogP contribution in [0, 0.1) is 5.92 Å². The van der Waals surface area contributed by atoms with E-state index in [1.807, 2.05) is 17.5 Å². The molecule has 3 amide bonds. The number of rotatable bonds is 4. The van der Waals surface area contributed by atoms with Crippen LogP contribution in [0.1, 0.15) is 41.8 Å². The molecule has 1 aromatic rings. The second-order valence-electron chi connectivity index (χ2n) is 6.70. The summed E-state index contributed by atoms with van der Waals surface area (Å²) in [4.78, 5) is 41.0. The number of amides is 3. The molecular weight excluding hydrogens is 338 g/mol. The maximum Gasteiger partial charge on any atom is 0.264 e. The molecule has 0 unspecified atom stereocenters. The largest absolute Gasteiger partial charge is 0.347 e. The van der Waals surface area contributed by atoms with Crippen LogP contribution in [0.3, 0.4) is 0 Å². The van der Waals surface area contributed by atoms with Gasteiger partial charge in [0.25, 0.3) is 5.91 Å². The molecule has 25 heavy (non-hydrogen) atoms. The van der Waals surface area contributed by atoms with E-state index in [1.54, 1.807) is 9.80 Å². The van der Waals surface area contributed by atoms with Crippen molar-refractivity contribution in [1.29, 1.82) is 0 Å². The maximum atomic E-state index is 12.3. The Balaban J connectivity index is 1.40. The van der Waals surface area contributed by atoms with Crippen molar-refractivity contribution in [1.82, 2.24) is 15.1 Å². The van der Waals surface area contributed by atoms with Gasteiger partial charge in [-0.1, -0.05) is 25.3 Å². The summed E-state index contributed by atoms with van der Waals surface area (Å²) in [5.41, 5.74) is 0. The average Bonchev–Trinajstić information content (AvgIpc) is 3.21. The van der Waals surface area contributed by atoms with Gasteiger partial charge in [-0.15, -0.1) is 11.3 Å². The minimum atomic E-state index is -0.0626. The fourth-order valence-electron chi connectivity index (χ4n) is 3.50. The molecule has 0 bridgehead atoms. The van der Waals surface area contributed by atoms with Crippen LogP contribution in [0.15, 0.2) is 17.5 Å². The molecule has 1 aliphatic carbocycles. The van der Waals surface area contributed by atoms with Crippen molar-refractivity contribution in [2.75, 3.05) is 32.7 Å². The molecule has 1 aromatic heterocycles. The first-order valence-corrected chi connectivity index (χ1v) is 9.91. The quantitative estimate of drug-likeness (QED) is 0.886. The summed E-state index contributed by atoms with van der Waals surface area (Å²) in [6.45, 7) is 2.19. The van der Waals surface area contributed by atoms with Gasteiger partial charge in [-0.3, -0.25) is 14.4 Å². The van der Waals surface area contributed by atoms with Crippen LogP contribution in [0.5, 0.6) is 0 Å². The van der Waals surface area contributed by atoms with E-state index in [-0.39, 0.29) is 30.2 Å². The minimum Gasteiger partial charge on any atom is -0.347 e. The van der Waals surface area contributed by atoms with E-state index in [0.717, 1.165) is 30.6 Å². The molecule has 1 N–H and O–H groups in total. The molecule has 3 rings (SSSR count). The monoisotopic (exact) mass is 363 g/mol. The minimum absolute atomic E-state index is 0.0135. The molecule has 2 fully saturated rings. The lowest BCUT2D eigenvalue weighted by atomic mass is 9.89. The van der Waals surface area contributed by atoms with E-state index in [1.165, 1.54) is 17.8 Å². The van der Waals surface area contributed by atoms with Gasteiger partial charge >= 0.3 is 0 Å². The Morgan fingerprint density at radius 2 is 1.72 bits per heavy atom. The summed E-state index contributed by atoms with van der Waals surface area (Å²) in [7, 11) is 0. The third-order valence-electron chi connectivity index (χ3n) is 5.04. The zero-order valence-electron chi connectivity index (χ0n) is 14.4. The normalized spacial score (nSPS) is 18.9. The summed E-state index contributed by atoms with van der Waals surface area (Å²) in [6.07, 6.45) is 5.28. The number of nitrogens with zero attached hydrogens (tertiary/aromatic N) is 2. The highest BCUT2D eigenvalue weighted by Gasteiger charge is 2.26. The van der Waals surface area contributed by atoms with E-state index >= 15 is 0 Å². The van der Waals surface area contributed by atoms with Crippen LogP contribution >= 0.6 is 11.3 Å². The molecule has 0 aromatic carbocycles. The van der Waals surface area contributed by atoms with Crippen molar-refractivity contribution in [3.63, 3.8) is 0 Å². The fraction of sp³-hybridized carbons (Fsp3) is 0.611. The third kappa shape index (κ3) is 4.60. The highest BCUT2D eigenvalue weighted by Crippen LogP contribution is 2.23. The summed E-state index contributed by atoms with van der Waals surface area (Å²) >= 11 is 1.44. The van der Waals surface area contributed by atoms with E-state index in [0.29, 0.717) is 26.2 Å². The molecule has 0 radical (unpaired) electrons. The van der Waals surface area contributed by atoms with Gasteiger partial charge in [-0.2, -0.15) is 0 Å². The van der Waals surface area contributed by atoms with Crippen LogP contribution in [0.2, 0.25) is 0 Å². The lowest BCUT2D eigenvalue weighted by Crippen LogP contribution is -2.52. The van der Waals surface area contributed by atoms with E-state index in [4.69, 9.17) is 0 Å². The van der Waals surface area contributed by atoms with Gasteiger partial charge in [0.1, 0.15) is 0 Å². The number of carbonyl (C=O) groups is 3. The molecular formula is C18H25N3O3S. The van der Waals surface area contributed by atoms with E-state index in [2.05, 4.69) is 5.32 Å². The Bertz CT molecular complexity index is 603. The van der Waals surface area contributed by atoms with Crippen LogP contribution in [-0.2, 0) is 9.59 Å². The SMILES string of the molecule is O=C(NCC(=O)N1CCN(C(=O)c2cccs2)CC1)C1CCCCC1. The van der Waals surface area contributed by atoms with Crippen molar-refractivity contribution < 1.29 is 14.4 Å². The average molecular weight is 363 g/mol. The van der Waals surface area contributed by atoms with Crippen molar-refractivity contribution in [2.45, 2.75) is 32.1 Å². The first kappa shape index (κ1) is 17.9. The second kappa shape index (κ2) is 8.47. The highest BCUT2D eigenvalue weighted by atomic mass is 32.1.